The van der Waals surface area contributed by atoms with Crippen LogP contribution in [-0.2, 0) is 9.59 Å². The monoisotopic (exact) mass is 562 g/mol. The number of aromatic nitrogens is 3. The Morgan fingerprint density at radius 3 is 2.46 bits per heavy atom. The lowest BCUT2D eigenvalue weighted by atomic mass is 9.86. The number of hydrogen-bond acceptors (Lipinski definition) is 6. The molecule has 4 heterocycles. The second-order valence-corrected chi connectivity index (χ2v) is 12.9. The first-order valence-corrected chi connectivity index (χ1v) is 15.1. The van der Waals surface area contributed by atoms with Crippen molar-refractivity contribution in [3.05, 3.63) is 28.7 Å². The SMILES string of the molecule is Cc1nnc(C(C)C)n1C1C[C@H]2CC[C@@H](C1)N2CC[C@H](NC(=O)C1CCC(F)(F)CC1)c1ccc(NC=O)s1. The van der Waals surface area contributed by atoms with Gasteiger partial charge in [-0.3, -0.25) is 14.5 Å². The number of carbonyl (C=O) groups excluding carboxylic acids is 2. The van der Waals surface area contributed by atoms with Gasteiger partial charge in [0.1, 0.15) is 11.6 Å². The maximum atomic E-state index is 13.7. The van der Waals surface area contributed by atoms with E-state index in [1.165, 1.54) is 24.2 Å². The number of carbonyl (C=O) groups is 2. The van der Waals surface area contributed by atoms with Crippen LogP contribution in [0.25, 0.3) is 0 Å². The van der Waals surface area contributed by atoms with E-state index in [4.69, 9.17) is 0 Å². The molecule has 2 aromatic heterocycles. The largest absolute Gasteiger partial charge is 0.348 e. The fraction of sp³-hybridized carbons (Fsp3) is 0.714. The molecule has 5 rings (SSSR count). The quantitative estimate of drug-likeness (QED) is 0.369. The van der Waals surface area contributed by atoms with Crippen LogP contribution in [0.15, 0.2) is 12.1 Å². The number of piperidine rings is 1. The van der Waals surface area contributed by atoms with Crippen molar-refractivity contribution < 1.29 is 18.4 Å². The highest BCUT2D eigenvalue weighted by molar-refractivity contribution is 7.16. The molecule has 8 nitrogen and oxygen atoms in total. The second kappa shape index (κ2) is 11.6. The summed E-state index contributed by atoms with van der Waals surface area (Å²) in [6, 6.07) is 4.92. The van der Waals surface area contributed by atoms with Gasteiger partial charge in [-0.2, -0.15) is 0 Å². The Labute approximate surface area is 232 Å². The summed E-state index contributed by atoms with van der Waals surface area (Å²) in [4.78, 5) is 27.7. The van der Waals surface area contributed by atoms with Crippen LogP contribution in [-0.4, -0.2) is 56.5 Å². The number of amides is 2. The number of thiophene rings is 1. The minimum Gasteiger partial charge on any atom is -0.348 e. The van der Waals surface area contributed by atoms with Crippen molar-refractivity contribution in [2.45, 2.75) is 115 Å². The van der Waals surface area contributed by atoms with Gasteiger partial charge >= 0.3 is 0 Å². The number of alkyl halides is 2. The molecule has 11 heteroatoms. The predicted octanol–water partition coefficient (Wildman–Crippen LogP) is 5.58. The lowest BCUT2D eigenvalue weighted by Gasteiger charge is -2.40. The molecule has 214 valence electrons. The Morgan fingerprint density at radius 2 is 1.82 bits per heavy atom. The van der Waals surface area contributed by atoms with Crippen molar-refractivity contribution in [2.75, 3.05) is 11.9 Å². The van der Waals surface area contributed by atoms with Gasteiger partial charge in [-0.25, -0.2) is 8.78 Å². The summed E-state index contributed by atoms with van der Waals surface area (Å²) < 4.78 is 29.7. The molecule has 0 aromatic carbocycles. The maximum Gasteiger partial charge on any atom is 0.248 e. The van der Waals surface area contributed by atoms with Crippen molar-refractivity contribution >= 4 is 28.7 Å². The van der Waals surface area contributed by atoms with E-state index < -0.39 is 5.92 Å². The summed E-state index contributed by atoms with van der Waals surface area (Å²) in [5.41, 5.74) is 0. The van der Waals surface area contributed by atoms with Crippen molar-refractivity contribution in [3.8, 4) is 0 Å². The molecule has 2 amide bonds. The van der Waals surface area contributed by atoms with Gasteiger partial charge in [0.15, 0.2) is 0 Å². The predicted molar refractivity (Wildman–Crippen MR) is 147 cm³/mol. The molecule has 4 atom stereocenters. The fourth-order valence-electron chi connectivity index (χ4n) is 6.88. The smallest absolute Gasteiger partial charge is 0.248 e. The third kappa shape index (κ3) is 6.19. The fourth-order valence-corrected chi connectivity index (χ4v) is 7.84. The average Bonchev–Trinajstić information content (AvgIpc) is 3.57. The first-order valence-electron chi connectivity index (χ1n) is 14.3. The molecule has 3 aliphatic rings. The number of anilines is 1. The number of halogens is 2. The number of fused-ring (bicyclic) bond motifs is 2. The average molecular weight is 563 g/mol. The zero-order valence-electron chi connectivity index (χ0n) is 23.0. The number of nitrogens with zero attached hydrogens (tertiary/aromatic N) is 4. The van der Waals surface area contributed by atoms with Gasteiger partial charge < -0.3 is 15.2 Å². The van der Waals surface area contributed by atoms with Gasteiger partial charge in [0, 0.05) is 54.2 Å². The topological polar surface area (TPSA) is 92.2 Å². The molecule has 2 saturated heterocycles. The van der Waals surface area contributed by atoms with Crippen LogP contribution in [0.4, 0.5) is 13.8 Å². The lowest BCUT2D eigenvalue weighted by Crippen LogP contribution is -2.45. The van der Waals surface area contributed by atoms with E-state index in [0.717, 1.165) is 47.3 Å². The molecule has 0 radical (unpaired) electrons. The van der Waals surface area contributed by atoms with Crippen molar-refractivity contribution in [1.29, 1.82) is 0 Å². The molecular weight excluding hydrogens is 522 g/mol. The van der Waals surface area contributed by atoms with Crippen molar-refractivity contribution in [2.24, 2.45) is 5.92 Å². The summed E-state index contributed by atoms with van der Waals surface area (Å²) in [5, 5.41) is 15.4. The van der Waals surface area contributed by atoms with E-state index in [1.54, 1.807) is 0 Å². The van der Waals surface area contributed by atoms with Crippen LogP contribution in [0.2, 0.25) is 0 Å². The number of aryl methyl sites for hydroxylation is 1. The number of rotatable bonds is 10. The molecule has 3 fully saturated rings. The molecule has 0 spiro atoms. The number of hydrogen-bond donors (Lipinski definition) is 2. The zero-order chi connectivity index (χ0) is 27.7. The Bertz CT molecular complexity index is 1140. The molecule has 2 bridgehead atoms. The van der Waals surface area contributed by atoms with Crippen LogP contribution in [0.5, 0.6) is 0 Å². The summed E-state index contributed by atoms with van der Waals surface area (Å²) in [5.74, 6) is -0.811. The van der Waals surface area contributed by atoms with Crippen LogP contribution in [0, 0.1) is 12.8 Å². The maximum absolute atomic E-state index is 13.7. The van der Waals surface area contributed by atoms with E-state index in [-0.39, 0.29) is 43.6 Å². The molecule has 1 unspecified atom stereocenters. The molecular formula is C28H40F2N6O2S. The zero-order valence-corrected chi connectivity index (χ0v) is 23.9. The van der Waals surface area contributed by atoms with E-state index >= 15 is 0 Å². The highest BCUT2D eigenvalue weighted by Gasteiger charge is 2.43. The third-order valence-corrected chi connectivity index (χ3v) is 10.0. The normalized spacial score (nSPS) is 26.1. The van der Waals surface area contributed by atoms with Crippen LogP contribution in [0.1, 0.15) is 106 Å². The summed E-state index contributed by atoms with van der Waals surface area (Å²) in [7, 11) is 0. The third-order valence-electron chi connectivity index (χ3n) is 8.89. The van der Waals surface area contributed by atoms with Gasteiger partial charge in [0.05, 0.1) is 11.0 Å². The van der Waals surface area contributed by atoms with Gasteiger partial charge in [0.25, 0.3) is 0 Å². The molecule has 1 aliphatic carbocycles. The van der Waals surface area contributed by atoms with Gasteiger partial charge in [-0.1, -0.05) is 13.8 Å². The lowest BCUT2D eigenvalue weighted by molar-refractivity contribution is -0.130. The number of nitrogens with one attached hydrogen (secondary N) is 2. The molecule has 2 aromatic rings. The summed E-state index contributed by atoms with van der Waals surface area (Å²) in [6.45, 7) is 7.22. The summed E-state index contributed by atoms with van der Waals surface area (Å²) in [6.07, 6.45) is 5.81. The van der Waals surface area contributed by atoms with Gasteiger partial charge in [0.2, 0.25) is 18.2 Å². The highest BCUT2D eigenvalue weighted by Crippen LogP contribution is 2.43. The van der Waals surface area contributed by atoms with E-state index in [2.05, 4.69) is 44.1 Å². The van der Waals surface area contributed by atoms with Crippen LogP contribution in [0.3, 0.4) is 0 Å². The first-order chi connectivity index (χ1) is 18.6. The van der Waals surface area contributed by atoms with Crippen LogP contribution < -0.4 is 10.6 Å². The van der Waals surface area contributed by atoms with Crippen molar-refractivity contribution in [3.63, 3.8) is 0 Å². The minimum atomic E-state index is -2.66. The van der Waals surface area contributed by atoms with Crippen molar-refractivity contribution in [1.82, 2.24) is 25.0 Å². The standard InChI is InChI=1S/C28H40F2N6O2S/c1-17(2)26-34-33-18(3)36(26)22-14-20-4-5-21(15-22)35(20)13-10-23(24-6-7-25(39-24)31-16-37)32-27(38)19-8-11-28(29,30)12-9-19/h6-7,16-17,19-23H,4-5,8-15H2,1-3H3,(H,31,37)(H,32,38)/t20-,21+,22?,23-/m0/s1. The van der Waals surface area contributed by atoms with E-state index in [1.807, 2.05) is 19.1 Å². The first kappa shape index (κ1) is 28.1. The van der Waals surface area contributed by atoms with E-state index in [9.17, 15) is 18.4 Å². The summed E-state index contributed by atoms with van der Waals surface area (Å²) >= 11 is 1.45. The van der Waals surface area contributed by atoms with Gasteiger partial charge in [-0.15, -0.1) is 21.5 Å². The molecule has 1 saturated carbocycles. The minimum absolute atomic E-state index is 0.139. The Kier molecular flexibility index (Phi) is 8.37. The molecule has 2 aliphatic heterocycles. The molecule has 2 N–H and O–H groups in total. The second-order valence-electron chi connectivity index (χ2n) is 11.8. The molecule has 39 heavy (non-hydrogen) atoms. The van der Waals surface area contributed by atoms with E-state index in [0.29, 0.717) is 30.5 Å². The van der Waals surface area contributed by atoms with Gasteiger partial charge in [-0.05, 0) is 64.0 Å². The highest BCUT2D eigenvalue weighted by atomic mass is 32.1. The Morgan fingerprint density at radius 1 is 1.13 bits per heavy atom. The van der Waals surface area contributed by atoms with Crippen LogP contribution >= 0.6 is 11.3 Å². The Balaban J connectivity index is 1.26. The Hall–Kier alpha value is -2.40.